The van der Waals surface area contributed by atoms with E-state index in [1.54, 1.807) is 11.3 Å². The van der Waals surface area contributed by atoms with Crippen molar-refractivity contribution in [3.8, 4) is 0 Å². The number of thiophene rings is 1. The molecule has 0 spiro atoms. The van der Waals surface area contributed by atoms with Gasteiger partial charge in [-0.05, 0) is 36.1 Å². The molecular weight excluding hydrogens is 230 g/mol. The zero-order chi connectivity index (χ0) is 11.7. The monoisotopic (exact) mass is 249 g/mol. The summed E-state index contributed by atoms with van der Waals surface area (Å²) < 4.78 is 0. The SMILES string of the molecule is O=C(c1cccs1)N1CCC2CCCCC2C1. The lowest BCUT2D eigenvalue weighted by molar-refractivity contribution is 0.0525. The minimum atomic E-state index is 0.254. The number of amides is 1. The molecule has 1 aromatic heterocycles. The summed E-state index contributed by atoms with van der Waals surface area (Å²) in [6, 6.07) is 3.91. The highest BCUT2D eigenvalue weighted by Crippen LogP contribution is 2.36. The largest absolute Gasteiger partial charge is 0.338 e. The van der Waals surface area contributed by atoms with E-state index in [1.165, 1.54) is 32.1 Å². The van der Waals surface area contributed by atoms with Gasteiger partial charge in [0.15, 0.2) is 0 Å². The average Bonchev–Trinajstić information content (AvgIpc) is 2.91. The van der Waals surface area contributed by atoms with Crippen molar-refractivity contribution in [2.45, 2.75) is 32.1 Å². The summed E-state index contributed by atoms with van der Waals surface area (Å²) in [7, 11) is 0. The van der Waals surface area contributed by atoms with E-state index in [4.69, 9.17) is 0 Å². The van der Waals surface area contributed by atoms with Crippen LogP contribution in [-0.2, 0) is 0 Å². The van der Waals surface area contributed by atoms with Gasteiger partial charge in [0.25, 0.3) is 5.91 Å². The lowest BCUT2D eigenvalue weighted by atomic mass is 9.75. The minimum absolute atomic E-state index is 0.254. The fourth-order valence-corrected chi connectivity index (χ4v) is 4.03. The quantitative estimate of drug-likeness (QED) is 0.747. The van der Waals surface area contributed by atoms with Gasteiger partial charge in [-0.25, -0.2) is 0 Å². The number of likely N-dealkylation sites (tertiary alicyclic amines) is 1. The summed E-state index contributed by atoms with van der Waals surface area (Å²) in [6.07, 6.45) is 6.72. The van der Waals surface area contributed by atoms with E-state index < -0.39 is 0 Å². The van der Waals surface area contributed by atoms with Crippen molar-refractivity contribution in [2.75, 3.05) is 13.1 Å². The lowest BCUT2D eigenvalue weighted by Gasteiger charge is -2.41. The molecule has 3 rings (SSSR count). The maximum absolute atomic E-state index is 12.3. The lowest BCUT2D eigenvalue weighted by Crippen LogP contribution is -2.44. The molecule has 1 saturated heterocycles. The van der Waals surface area contributed by atoms with Gasteiger partial charge in [0, 0.05) is 13.1 Å². The maximum Gasteiger partial charge on any atom is 0.263 e. The summed E-state index contributed by atoms with van der Waals surface area (Å²) in [5.74, 6) is 1.93. The second-order valence-electron chi connectivity index (χ2n) is 5.32. The Bertz CT molecular complexity index is 387. The van der Waals surface area contributed by atoms with Crippen LogP contribution in [0.15, 0.2) is 17.5 Å². The Balaban J connectivity index is 1.67. The number of carbonyl (C=O) groups is 1. The van der Waals surface area contributed by atoms with Crippen LogP contribution in [0.3, 0.4) is 0 Å². The molecule has 1 aromatic rings. The molecule has 2 heterocycles. The smallest absolute Gasteiger partial charge is 0.263 e. The first-order chi connectivity index (χ1) is 8.34. The molecule has 2 aliphatic rings. The fraction of sp³-hybridized carbons (Fsp3) is 0.643. The van der Waals surface area contributed by atoms with Crippen LogP contribution in [0.4, 0.5) is 0 Å². The van der Waals surface area contributed by atoms with Crippen molar-refractivity contribution in [3.05, 3.63) is 22.4 Å². The molecule has 1 saturated carbocycles. The molecule has 3 heteroatoms. The van der Waals surface area contributed by atoms with Gasteiger partial charge in [-0.15, -0.1) is 11.3 Å². The number of fused-ring (bicyclic) bond motifs is 1. The third-order valence-corrected chi connectivity index (χ3v) is 5.17. The predicted octanol–water partition coefficient (Wildman–Crippen LogP) is 3.40. The molecule has 2 atom stereocenters. The molecule has 0 aromatic carbocycles. The van der Waals surface area contributed by atoms with Gasteiger partial charge in [-0.1, -0.05) is 25.3 Å². The maximum atomic E-state index is 12.3. The van der Waals surface area contributed by atoms with Crippen LogP contribution < -0.4 is 0 Å². The zero-order valence-corrected chi connectivity index (χ0v) is 10.9. The normalized spacial score (nSPS) is 28.8. The van der Waals surface area contributed by atoms with Crippen molar-refractivity contribution >= 4 is 17.2 Å². The third-order valence-electron chi connectivity index (χ3n) is 4.31. The molecule has 1 amide bonds. The van der Waals surface area contributed by atoms with E-state index in [9.17, 15) is 4.79 Å². The van der Waals surface area contributed by atoms with E-state index in [0.29, 0.717) is 0 Å². The van der Waals surface area contributed by atoms with Crippen molar-refractivity contribution in [1.29, 1.82) is 0 Å². The molecular formula is C14H19NOS. The minimum Gasteiger partial charge on any atom is -0.338 e. The number of hydrogen-bond acceptors (Lipinski definition) is 2. The standard InChI is InChI=1S/C14H19NOS/c16-14(13-6-3-9-17-13)15-8-7-11-4-1-2-5-12(11)10-15/h3,6,9,11-12H,1-2,4-5,7-8,10H2. The number of piperidine rings is 1. The van der Waals surface area contributed by atoms with Crippen molar-refractivity contribution < 1.29 is 4.79 Å². The number of nitrogens with zero attached hydrogens (tertiary/aromatic N) is 1. The van der Waals surface area contributed by atoms with Gasteiger partial charge in [0.05, 0.1) is 4.88 Å². The van der Waals surface area contributed by atoms with E-state index >= 15 is 0 Å². The van der Waals surface area contributed by atoms with Crippen LogP contribution in [0, 0.1) is 11.8 Å². The highest BCUT2D eigenvalue weighted by atomic mass is 32.1. The van der Waals surface area contributed by atoms with Gasteiger partial charge in [-0.2, -0.15) is 0 Å². The van der Waals surface area contributed by atoms with Crippen molar-refractivity contribution in [1.82, 2.24) is 4.90 Å². The van der Waals surface area contributed by atoms with Gasteiger partial charge >= 0.3 is 0 Å². The zero-order valence-electron chi connectivity index (χ0n) is 10.1. The van der Waals surface area contributed by atoms with Gasteiger partial charge < -0.3 is 4.90 Å². The van der Waals surface area contributed by atoms with Gasteiger partial charge in [0.2, 0.25) is 0 Å². The topological polar surface area (TPSA) is 20.3 Å². The van der Waals surface area contributed by atoms with E-state index in [0.717, 1.165) is 29.8 Å². The van der Waals surface area contributed by atoms with E-state index in [1.807, 2.05) is 17.5 Å². The van der Waals surface area contributed by atoms with Gasteiger partial charge in [0.1, 0.15) is 0 Å². The van der Waals surface area contributed by atoms with Crippen LogP contribution in [0.1, 0.15) is 41.8 Å². The molecule has 1 aliphatic heterocycles. The Kier molecular flexibility index (Phi) is 3.19. The second-order valence-corrected chi connectivity index (χ2v) is 6.27. The van der Waals surface area contributed by atoms with Crippen LogP contribution in [0.2, 0.25) is 0 Å². The van der Waals surface area contributed by atoms with E-state index in [-0.39, 0.29) is 5.91 Å². The number of rotatable bonds is 1. The third kappa shape index (κ3) is 2.25. The highest BCUT2D eigenvalue weighted by molar-refractivity contribution is 7.12. The molecule has 2 unspecified atom stereocenters. The Morgan fingerprint density at radius 1 is 1.24 bits per heavy atom. The molecule has 2 fully saturated rings. The van der Waals surface area contributed by atoms with Crippen LogP contribution in [-0.4, -0.2) is 23.9 Å². The van der Waals surface area contributed by atoms with Crippen LogP contribution in [0.25, 0.3) is 0 Å². The van der Waals surface area contributed by atoms with Crippen molar-refractivity contribution in [2.24, 2.45) is 11.8 Å². The molecule has 17 heavy (non-hydrogen) atoms. The Labute approximate surface area is 107 Å². The Hall–Kier alpha value is -0.830. The van der Waals surface area contributed by atoms with Gasteiger partial charge in [-0.3, -0.25) is 4.79 Å². The molecule has 0 N–H and O–H groups in total. The summed E-state index contributed by atoms with van der Waals surface area (Å²) in [5, 5.41) is 1.99. The molecule has 0 bridgehead atoms. The first-order valence-corrected chi connectivity index (χ1v) is 7.55. The summed E-state index contributed by atoms with van der Waals surface area (Å²) >= 11 is 1.56. The Morgan fingerprint density at radius 2 is 2.06 bits per heavy atom. The number of hydrogen-bond donors (Lipinski definition) is 0. The summed E-state index contributed by atoms with van der Waals surface area (Å²) in [4.78, 5) is 15.3. The Morgan fingerprint density at radius 3 is 2.82 bits per heavy atom. The first-order valence-electron chi connectivity index (χ1n) is 6.67. The molecule has 2 nitrogen and oxygen atoms in total. The molecule has 92 valence electrons. The van der Waals surface area contributed by atoms with Crippen LogP contribution in [0.5, 0.6) is 0 Å². The number of carbonyl (C=O) groups excluding carboxylic acids is 1. The fourth-order valence-electron chi connectivity index (χ4n) is 3.34. The highest BCUT2D eigenvalue weighted by Gasteiger charge is 2.33. The second kappa shape index (κ2) is 4.81. The average molecular weight is 249 g/mol. The summed E-state index contributed by atoms with van der Waals surface area (Å²) in [5.41, 5.74) is 0. The molecule has 0 radical (unpaired) electrons. The van der Waals surface area contributed by atoms with E-state index in [2.05, 4.69) is 4.90 Å². The van der Waals surface area contributed by atoms with Crippen LogP contribution >= 0.6 is 11.3 Å². The summed E-state index contributed by atoms with van der Waals surface area (Å²) in [6.45, 7) is 1.97. The van der Waals surface area contributed by atoms with Crippen molar-refractivity contribution in [3.63, 3.8) is 0 Å². The molecule has 1 aliphatic carbocycles. The first kappa shape index (κ1) is 11.3. The predicted molar refractivity (Wildman–Crippen MR) is 70.3 cm³/mol.